The zero-order chi connectivity index (χ0) is 16.4. The van der Waals surface area contributed by atoms with Crippen LogP contribution < -0.4 is 5.73 Å². The summed E-state index contributed by atoms with van der Waals surface area (Å²) >= 11 is 0. The molecule has 124 valence electrons. The van der Waals surface area contributed by atoms with Gasteiger partial charge >= 0.3 is 0 Å². The standard InChI is InChI=1S/C19H22N4O/c20-17-5-3-15(4-6-17)19-21-10-16-12-23(8-7-18(16)22-19)11-14-2-1-9-24-13-14/h3-6,10,13H,1-2,7-9,11-12,20H2. The number of nitrogens with zero attached hydrogens (tertiary/aromatic N) is 3. The first kappa shape index (κ1) is 15.1. The molecule has 2 aliphatic rings. The molecule has 2 aliphatic heterocycles. The molecule has 0 bridgehead atoms. The van der Waals surface area contributed by atoms with Crippen LogP contribution in [0.15, 0.2) is 42.3 Å². The molecule has 0 saturated heterocycles. The summed E-state index contributed by atoms with van der Waals surface area (Å²) in [6, 6.07) is 7.73. The van der Waals surface area contributed by atoms with Crippen molar-refractivity contribution >= 4 is 5.69 Å². The van der Waals surface area contributed by atoms with E-state index in [1.54, 1.807) is 0 Å². The summed E-state index contributed by atoms with van der Waals surface area (Å²) in [5.41, 5.74) is 11.3. The molecule has 0 fully saturated rings. The smallest absolute Gasteiger partial charge is 0.159 e. The maximum Gasteiger partial charge on any atom is 0.159 e. The number of benzene rings is 1. The third-order valence-corrected chi connectivity index (χ3v) is 4.62. The Bertz CT molecular complexity index is 754. The maximum absolute atomic E-state index is 5.75. The van der Waals surface area contributed by atoms with Crippen LogP contribution in [0.2, 0.25) is 0 Å². The van der Waals surface area contributed by atoms with Crippen molar-refractivity contribution in [3.8, 4) is 11.4 Å². The number of nitrogen functional groups attached to an aromatic ring is 1. The van der Waals surface area contributed by atoms with Crippen molar-refractivity contribution < 1.29 is 4.74 Å². The number of fused-ring (bicyclic) bond motifs is 1. The van der Waals surface area contributed by atoms with Gasteiger partial charge in [-0.25, -0.2) is 9.97 Å². The summed E-state index contributed by atoms with van der Waals surface area (Å²) in [5, 5.41) is 0. The van der Waals surface area contributed by atoms with Gasteiger partial charge in [-0.15, -0.1) is 0 Å². The molecule has 24 heavy (non-hydrogen) atoms. The van der Waals surface area contributed by atoms with Gasteiger partial charge in [-0.1, -0.05) is 0 Å². The first-order chi connectivity index (χ1) is 11.8. The molecule has 0 atom stereocenters. The van der Waals surface area contributed by atoms with Gasteiger partial charge in [-0.05, 0) is 42.7 Å². The second-order valence-electron chi connectivity index (χ2n) is 6.50. The molecular formula is C19H22N4O. The van der Waals surface area contributed by atoms with E-state index in [0.717, 1.165) is 62.6 Å². The van der Waals surface area contributed by atoms with E-state index in [4.69, 9.17) is 15.5 Å². The molecule has 1 aromatic carbocycles. The van der Waals surface area contributed by atoms with Crippen molar-refractivity contribution in [2.75, 3.05) is 25.4 Å². The van der Waals surface area contributed by atoms with Gasteiger partial charge in [0.1, 0.15) is 0 Å². The molecule has 0 saturated carbocycles. The van der Waals surface area contributed by atoms with Crippen molar-refractivity contribution in [3.63, 3.8) is 0 Å². The van der Waals surface area contributed by atoms with Crippen LogP contribution in [-0.2, 0) is 17.7 Å². The van der Waals surface area contributed by atoms with Gasteiger partial charge < -0.3 is 10.5 Å². The fourth-order valence-electron chi connectivity index (χ4n) is 3.30. The number of hydrogen-bond donors (Lipinski definition) is 1. The fraction of sp³-hybridized carbons (Fsp3) is 0.368. The number of nitrogens with two attached hydrogens (primary N) is 1. The summed E-state index contributed by atoms with van der Waals surface area (Å²) in [4.78, 5) is 11.8. The Morgan fingerprint density at radius 2 is 2.04 bits per heavy atom. The average molecular weight is 322 g/mol. The molecule has 0 aliphatic carbocycles. The lowest BCUT2D eigenvalue weighted by molar-refractivity contribution is 0.208. The van der Waals surface area contributed by atoms with E-state index in [9.17, 15) is 0 Å². The molecule has 0 unspecified atom stereocenters. The van der Waals surface area contributed by atoms with E-state index in [1.165, 1.54) is 16.8 Å². The van der Waals surface area contributed by atoms with Crippen LogP contribution in [0.5, 0.6) is 0 Å². The van der Waals surface area contributed by atoms with Crippen LogP contribution in [0.4, 0.5) is 5.69 Å². The lowest BCUT2D eigenvalue weighted by Gasteiger charge is -2.29. The van der Waals surface area contributed by atoms with E-state index < -0.39 is 0 Å². The summed E-state index contributed by atoms with van der Waals surface area (Å²) in [5.74, 6) is 0.783. The third-order valence-electron chi connectivity index (χ3n) is 4.62. The van der Waals surface area contributed by atoms with E-state index in [-0.39, 0.29) is 0 Å². The lowest BCUT2D eigenvalue weighted by atomic mass is 10.0. The topological polar surface area (TPSA) is 64.3 Å². The first-order valence-electron chi connectivity index (χ1n) is 8.50. The van der Waals surface area contributed by atoms with Gasteiger partial charge in [-0.2, -0.15) is 0 Å². The largest absolute Gasteiger partial charge is 0.501 e. The van der Waals surface area contributed by atoms with Crippen molar-refractivity contribution in [1.82, 2.24) is 14.9 Å². The van der Waals surface area contributed by atoms with Gasteiger partial charge in [0.2, 0.25) is 0 Å². The molecule has 2 aromatic rings. The number of hydrogen-bond acceptors (Lipinski definition) is 5. The second-order valence-corrected chi connectivity index (χ2v) is 6.50. The highest BCUT2D eigenvalue weighted by Gasteiger charge is 2.20. The molecule has 2 N–H and O–H groups in total. The Labute approximate surface area is 142 Å². The summed E-state index contributed by atoms with van der Waals surface area (Å²) in [7, 11) is 0. The second kappa shape index (κ2) is 6.61. The van der Waals surface area contributed by atoms with Gasteiger partial charge in [0.15, 0.2) is 5.82 Å². The van der Waals surface area contributed by atoms with E-state index in [0.29, 0.717) is 0 Å². The number of aromatic nitrogens is 2. The number of anilines is 1. The maximum atomic E-state index is 5.75. The highest BCUT2D eigenvalue weighted by Crippen LogP contribution is 2.23. The van der Waals surface area contributed by atoms with E-state index >= 15 is 0 Å². The molecular weight excluding hydrogens is 300 g/mol. The lowest BCUT2D eigenvalue weighted by Crippen LogP contribution is -2.33. The third kappa shape index (κ3) is 3.26. The average Bonchev–Trinajstić information content (AvgIpc) is 2.63. The Morgan fingerprint density at radius 3 is 2.83 bits per heavy atom. The molecule has 0 radical (unpaired) electrons. The Kier molecular flexibility index (Phi) is 4.17. The van der Waals surface area contributed by atoms with Crippen LogP contribution >= 0.6 is 0 Å². The molecule has 1 aromatic heterocycles. The van der Waals surface area contributed by atoms with Crippen molar-refractivity contribution in [1.29, 1.82) is 0 Å². The highest BCUT2D eigenvalue weighted by atomic mass is 16.5. The summed E-state index contributed by atoms with van der Waals surface area (Å²) in [6.45, 7) is 3.78. The predicted molar refractivity (Wildman–Crippen MR) is 94.1 cm³/mol. The minimum Gasteiger partial charge on any atom is -0.501 e. The van der Waals surface area contributed by atoms with Crippen molar-refractivity contribution in [2.45, 2.75) is 25.8 Å². The van der Waals surface area contributed by atoms with E-state index in [1.807, 2.05) is 36.7 Å². The van der Waals surface area contributed by atoms with Crippen LogP contribution in [-0.4, -0.2) is 34.6 Å². The minimum absolute atomic E-state index is 0.758. The number of ether oxygens (including phenoxy) is 1. The molecule has 5 heteroatoms. The fourth-order valence-corrected chi connectivity index (χ4v) is 3.30. The van der Waals surface area contributed by atoms with Gasteiger partial charge in [0, 0.05) is 49.1 Å². The first-order valence-corrected chi connectivity index (χ1v) is 8.50. The van der Waals surface area contributed by atoms with E-state index in [2.05, 4.69) is 9.88 Å². The van der Waals surface area contributed by atoms with Crippen molar-refractivity contribution in [2.24, 2.45) is 0 Å². The minimum atomic E-state index is 0.758. The van der Waals surface area contributed by atoms with Gasteiger partial charge in [0.05, 0.1) is 18.6 Å². The normalized spacial score (nSPS) is 17.8. The molecule has 0 amide bonds. The Balaban J connectivity index is 1.49. The highest BCUT2D eigenvalue weighted by molar-refractivity contribution is 5.58. The monoisotopic (exact) mass is 322 g/mol. The zero-order valence-corrected chi connectivity index (χ0v) is 13.7. The summed E-state index contributed by atoms with van der Waals surface area (Å²) < 4.78 is 5.44. The number of rotatable bonds is 3. The Morgan fingerprint density at radius 1 is 1.17 bits per heavy atom. The summed E-state index contributed by atoms with van der Waals surface area (Å²) in [6.07, 6.45) is 7.17. The molecule has 3 heterocycles. The Hall–Kier alpha value is -2.40. The van der Waals surface area contributed by atoms with Crippen LogP contribution in [0.3, 0.4) is 0 Å². The SMILES string of the molecule is Nc1ccc(-c2ncc3c(n2)CCN(CC2=COCCC2)C3)cc1. The molecule has 4 rings (SSSR count). The van der Waals surface area contributed by atoms with Gasteiger partial charge in [0.25, 0.3) is 0 Å². The quantitative estimate of drug-likeness (QED) is 0.880. The molecule has 5 nitrogen and oxygen atoms in total. The molecule has 0 spiro atoms. The zero-order valence-electron chi connectivity index (χ0n) is 13.7. The van der Waals surface area contributed by atoms with Gasteiger partial charge in [-0.3, -0.25) is 4.90 Å². The van der Waals surface area contributed by atoms with Crippen LogP contribution in [0.1, 0.15) is 24.1 Å². The van der Waals surface area contributed by atoms with Crippen LogP contribution in [0, 0.1) is 0 Å². The van der Waals surface area contributed by atoms with Crippen LogP contribution in [0.25, 0.3) is 11.4 Å². The predicted octanol–water partition coefficient (Wildman–Crippen LogP) is 2.78. The van der Waals surface area contributed by atoms with Crippen molar-refractivity contribution in [3.05, 3.63) is 53.6 Å².